The number of hydrogen-bond acceptors (Lipinski definition) is 0. The molecule has 1 radical (unpaired) electrons. The van der Waals surface area contributed by atoms with Crippen LogP contribution >= 0.6 is 0 Å². The van der Waals surface area contributed by atoms with Gasteiger partial charge in [0.2, 0.25) is 0 Å². The van der Waals surface area contributed by atoms with Crippen LogP contribution in [0.2, 0.25) is 0 Å². The predicted octanol–water partition coefficient (Wildman–Crippen LogP) is 7.24. The van der Waals surface area contributed by atoms with Gasteiger partial charge in [-0.15, -0.1) is 0 Å². The number of allylic oxidation sites excluding steroid dienone is 4. The van der Waals surface area contributed by atoms with Gasteiger partial charge < -0.3 is 0 Å². The minimum Gasteiger partial charge on any atom is -0.166 e. The maximum atomic E-state index is 13.4. The quantitative estimate of drug-likeness (QED) is 0.450. The van der Waals surface area contributed by atoms with Gasteiger partial charge in [-0.1, -0.05) is 72.3 Å². The molecule has 3 aromatic rings. The van der Waals surface area contributed by atoms with Crippen LogP contribution in [0.25, 0.3) is 21.9 Å². The zero-order chi connectivity index (χ0) is 19.0. The summed E-state index contributed by atoms with van der Waals surface area (Å²) < 4.78 is 40.3. The van der Waals surface area contributed by atoms with Crippen molar-refractivity contribution >= 4 is 21.9 Å². The minimum atomic E-state index is -4.37. The van der Waals surface area contributed by atoms with Crippen LogP contribution in [-0.4, -0.2) is 0 Å². The Kier molecular flexibility index (Phi) is 4.39. The molecule has 0 saturated heterocycles. The SMILES string of the molecule is Cc1ccc(C2=C(c3ccc(C(F)(F)F)c4ccccc34)[CH]CC=C2)cc1. The Hall–Kier alpha value is -2.81. The number of hydrogen-bond donors (Lipinski definition) is 0. The molecule has 0 saturated carbocycles. The first kappa shape index (κ1) is 17.6. The zero-order valence-corrected chi connectivity index (χ0v) is 14.8. The third-order valence-corrected chi connectivity index (χ3v) is 4.91. The molecule has 0 atom stereocenters. The van der Waals surface area contributed by atoms with Gasteiger partial charge in [0.05, 0.1) is 5.56 Å². The number of halogens is 3. The molecule has 0 spiro atoms. The molecule has 3 heteroatoms. The largest absolute Gasteiger partial charge is 0.417 e. The second-order valence-corrected chi connectivity index (χ2v) is 6.74. The topological polar surface area (TPSA) is 0 Å². The number of benzene rings is 3. The van der Waals surface area contributed by atoms with E-state index in [0.29, 0.717) is 5.39 Å². The van der Waals surface area contributed by atoms with Crippen molar-refractivity contribution in [2.24, 2.45) is 0 Å². The van der Waals surface area contributed by atoms with E-state index in [1.54, 1.807) is 30.3 Å². The first-order valence-corrected chi connectivity index (χ1v) is 8.85. The second-order valence-electron chi connectivity index (χ2n) is 6.74. The van der Waals surface area contributed by atoms with E-state index in [-0.39, 0.29) is 5.39 Å². The maximum absolute atomic E-state index is 13.4. The molecule has 0 N–H and O–H groups in total. The molecule has 0 unspecified atom stereocenters. The third-order valence-electron chi connectivity index (χ3n) is 4.91. The molecule has 3 aromatic carbocycles. The monoisotopic (exact) mass is 363 g/mol. The van der Waals surface area contributed by atoms with E-state index >= 15 is 0 Å². The van der Waals surface area contributed by atoms with Crippen LogP contribution < -0.4 is 0 Å². The number of fused-ring (bicyclic) bond motifs is 1. The summed E-state index contributed by atoms with van der Waals surface area (Å²) >= 11 is 0. The van der Waals surface area contributed by atoms with Crippen LogP contribution in [0, 0.1) is 13.3 Å². The van der Waals surface area contributed by atoms with Crippen molar-refractivity contribution in [3.8, 4) is 0 Å². The van der Waals surface area contributed by atoms with Crippen LogP contribution in [0.5, 0.6) is 0 Å². The highest BCUT2D eigenvalue weighted by Crippen LogP contribution is 2.41. The molecular weight excluding hydrogens is 345 g/mol. The van der Waals surface area contributed by atoms with Crippen LogP contribution in [0.15, 0.2) is 72.8 Å². The Balaban J connectivity index is 1.98. The van der Waals surface area contributed by atoms with Gasteiger partial charge in [-0.05, 0) is 58.9 Å². The van der Waals surface area contributed by atoms with Gasteiger partial charge in [0.25, 0.3) is 0 Å². The Morgan fingerprint density at radius 2 is 1.48 bits per heavy atom. The lowest BCUT2D eigenvalue weighted by Gasteiger charge is -2.20. The van der Waals surface area contributed by atoms with E-state index in [9.17, 15) is 13.2 Å². The van der Waals surface area contributed by atoms with E-state index in [0.717, 1.165) is 28.7 Å². The molecule has 0 nitrogen and oxygen atoms in total. The molecule has 1 aliphatic carbocycles. The summed E-state index contributed by atoms with van der Waals surface area (Å²) in [6.07, 6.45) is 2.62. The summed E-state index contributed by atoms with van der Waals surface area (Å²) in [7, 11) is 0. The fraction of sp³-hybridized carbons (Fsp3) is 0.125. The lowest BCUT2D eigenvalue weighted by atomic mass is 9.85. The predicted molar refractivity (Wildman–Crippen MR) is 105 cm³/mol. The van der Waals surface area contributed by atoms with E-state index in [2.05, 4.69) is 30.7 Å². The van der Waals surface area contributed by atoms with Crippen molar-refractivity contribution in [3.05, 3.63) is 101 Å². The molecule has 0 fully saturated rings. The highest BCUT2D eigenvalue weighted by molar-refractivity contribution is 6.07. The zero-order valence-electron chi connectivity index (χ0n) is 14.8. The summed E-state index contributed by atoms with van der Waals surface area (Å²) in [5, 5.41) is 0.861. The summed E-state index contributed by atoms with van der Waals surface area (Å²) in [6.45, 7) is 2.03. The van der Waals surface area contributed by atoms with Crippen molar-refractivity contribution in [3.63, 3.8) is 0 Å². The molecule has 0 aliphatic heterocycles. The number of alkyl halides is 3. The third kappa shape index (κ3) is 3.30. The highest BCUT2D eigenvalue weighted by Gasteiger charge is 2.33. The highest BCUT2D eigenvalue weighted by atomic mass is 19.4. The Labute approximate surface area is 156 Å². The van der Waals surface area contributed by atoms with Crippen LogP contribution in [0.1, 0.15) is 28.7 Å². The smallest absolute Gasteiger partial charge is 0.166 e. The summed E-state index contributed by atoms with van der Waals surface area (Å²) in [4.78, 5) is 0. The summed E-state index contributed by atoms with van der Waals surface area (Å²) in [5.41, 5.74) is 4.48. The van der Waals surface area contributed by atoms with Crippen LogP contribution in [0.3, 0.4) is 0 Å². The van der Waals surface area contributed by atoms with Crippen molar-refractivity contribution in [2.75, 3.05) is 0 Å². The fourth-order valence-electron chi connectivity index (χ4n) is 3.59. The summed E-state index contributed by atoms with van der Waals surface area (Å²) in [5.74, 6) is 0. The standard InChI is InChI=1S/C24H18F3/c1-16-10-12-17(13-11-16)18-6-2-3-7-19(18)21-14-15-23(24(25,26)27)22-9-5-4-8-20(21)22/h2,4-15H,3H2,1H3. The first-order chi connectivity index (χ1) is 12.9. The van der Waals surface area contributed by atoms with Crippen molar-refractivity contribution < 1.29 is 13.2 Å². The molecule has 0 bridgehead atoms. The molecule has 27 heavy (non-hydrogen) atoms. The van der Waals surface area contributed by atoms with Gasteiger partial charge >= 0.3 is 6.18 Å². The first-order valence-electron chi connectivity index (χ1n) is 8.85. The molecule has 4 rings (SSSR count). The average Bonchev–Trinajstić information content (AvgIpc) is 2.67. The van der Waals surface area contributed by atoms with Crippen LogP contribution in [0.4, 0.5) is 13.2 Å². The number of aryl methyl sites for hydroxylation is 1. The molecular formula is C24H18F3. The van der Waals surface area contributed by atoms with Gasteiger partial charge in [0.1, 0.15) is 0 Å². The fourth-order valence-corrected chi connectivity index (χ4v) is 3.59. The Morgan fingerprint density at radius 1 is 0.778 bits per heavy atom. The lowest BCUT2D eigenvalue weighted by molar-refractivity contribution is -0.136. The average molecular weight is 363 g/mol. The normalized spacial score (nSPS) is 14.8. The molecule has 0 heterocycles. The Bertz CT molecular complexity index is 1050. The van der Waals surface area contributed by atoms with Gasteiger partial charge in [0, 0.05) is 0 Å². The van der Waals surface area contributed by atoms with Gasteiger partial charge in [-0.25, -0.2) is 0 Å². The minimum absolute atomic E-state index is 0.237. The van der Waals surface area contributed by atoms with E-state index in [1.165, 1.54) is 11.6 Å². The lowest BCUT2D eigenvalue weighted by Crippen LogP contribution is -2.07. The second kappa shape index (κ2) is 6.73. The number of rotatable bonds is 2. The van der Waals surface area contributed by atoms with Gasteiger partial charge in [-0.3, -0.25) is 0 Å². The van der Waals surface area contributed by atoms with E-state index in [1.807, 2.05) is 19.1 Å². The van der Waals surface area contributed by atoms with E-state index in [4.69, 9.17) is 0 Å². The summed E-state index contributed by atoms with van der Waals surface area (Å²) in [6, 6.07) is 17.8. The van der Waals surface area contributed by atoms with Crippen molar-refractivity contribution in [2.45, 2.75) is 19.5 Å². The Morgan fingerprint density at radius 3 is 2.19 bits per heavy atom. The van der Waals surface area contributed by atoms with Crippen molar-refractivity contribution in [1.29, 1.82) is 0 Å². The van der Waals surface area contributed by atoms with E-state index < -0.39 is 11.7 Å². The molecule has 0 amide bonds. The van der Waals surface area contributed by atoms with Gasteiger partial charge in [0.15, 0.2) is 0 Å². The maximum Gasteiger partial charge on any atom is 0.417 e. The van der Waals surface area contributed by atoms with Crippen LogP contribution in [-0.2, 0) is 6.18 Å². The molecule has 1 aliphatic rings. The molecule has 135 valence electrons. The van der Waals surface area contributed by atoms with Crippen molar-refractivity contribution in [1.82, 2.24) is 0 Å². The van der Waals surface area contributed by atoms with Gasteiger partial charge in [-0.2, -0.15) is 13.2 Å². The molecule has 0 aromatic heterocycles.